The lowest BCUT2D eigenvalue weighted by Crippen LogP contribution is -2.31. The van der Waals surface area contributed by atoms with Gasteiger partial charge in [0.1, 0.15) is 0 Å². The molecular formula is C20H23N3O3. The molecule has 0 fully saturated rings. The van der Waals surface area contributed by atoms with E-state index in [9.17, 15) is 14.4 Å². The second kappa shape index (κ2) is 8.29. The van der Waals surface area contributed by atoms with Gasteiger partial charge in [0.2, 0.25) is 11.8 Å². The zero-order valence-electron chi connectivity index (χ0n) is 15.3. The number of nitrogens with zero attached hydrogens (tertiary/aromatic N) is 1. The third-order valence-electron chi connectivity index (χ3n) is 4.20. The third kappa shape index (κ3) is 4.69. The smallest absolute Gasteiger partial charge is 0.255 e. The van der Waals surface area contributed by atoms with Crippen LogP contribution in [0, 0.1) is 13.8 Å². The summed E-state index contributed by atoms with van der Waals surface area (Å²) in [6.45, 7) is 7.32. The van der Waals surface area contributed by atoms with Gasteiger partial charge in [-0.05, 0) is 49.2 Å². The van der Waals surface area contributed by atoms with Crippen LogP contribution in [-0.2, 0) is 29.6 Å². The second-order valence-electron chi connectivity index (χ2n) is 6.16. The van der Waals surface area contributed by atoms with E-state index >= 15 is 0 Å². The van der Waals surface area contributed by atoms with Gasteiger partial charge < -0.3 is 15.2 Å². The molecule has 2 aromatic rings. The molecule has 2 rings (SSSR count). The normalized spacial score (nSPS) is 10.3. The number of hydrogen-bond acceptors (Lipinski definition) is 3. The summed E-state index contributed by atoms with van der Waals surface area (Å²) in [5.74, 6) is -0.503. The molecule has 0 saturated heterocycles. The van der Waals surface area contributed by atoms with E-state index in [1.807, 2.05) is 19.9 Å². The Balaban J connectivity index is 2.03. The maximum absolute atomic E-state index is 12.3. The van der Waals surface area contributed by atoms with Gasteiger partial charge in [0.05, 0.1) is 6.42 Å². The monoisotopic (exact) mass is 353 g/mol. The third-order valence-corrected chi connectivity index (χ3v) is 4.20. The number of anilines is 1. The number of aryl methyl sites for hydroxylation is 2. The number of carbonyl (C=O) groups is 2. The van der Waals surface area contributed by atoms with E-state index < -0.39 is 0 Å². The Hall–Kier alpha value is -3.15. The summed E-state index contributed by atoms with van der Waals surface area (Å²) in [7, 11) is 1.71. The molecule has 1 heterocycles. The molecule has 0 aliphatic carbocycles. The molecule has 1 aromatic heterocycles. The molecule has 0 unspecified atom stereocenters. The molecule has 2 N–H and O–H groups in total. The van der Waals surface area contributed by atoms with E-state index in [1.54, 1.807) is 35.9 Å². The molecular weight excluding hydrogens is 330 g/mol. The molecule has 0 spiro atoms. The second-order valence-corrected chi connectivity index (χ2v) is 6.16. The van der Waals surface area contributed by atoms with Gasteiger partial charge >= 0.3 is 0 Å². The van der Waals surface area contributed by atoms with Crippen LogP contribution in [0.15, 0.2) is 47.8 Å². The number of benzene rings is 1. The molecule has 0 aliphatic rings. The average molecular weight is 353 g/mol. The summed E-state index contributed by atoms with van der Waals surface area (Å²) in [4.78, 5) is 35.9. The van der Waals surface area contributed by atoms with Crippen molar-refractivity contribution >= 4 is 17.5 Å². The van der Waals surface area contributed by atoms with E-state index in [-0.39, 0.29) is 30.3 Å². The van der Waals surface area contributed by atoms with Crippen LogP contribution < -0.4 is 16.2 Å². The zero-order valence-corrected chi connectivity index (χ0v) is 15.3. The van der Waals surface area contributed by atoms with Crippen molar-refractivity contribution in [1.82, 2.24) is 9.88 Å². The van der Waals surface area contributed by atoms with E-state index in [1.165, 1.54) is 6.08 Å². The molecule has 0 atom stereocenters. The van der Waals surface area contributed by atoms with Crippen molar-refractivity contribution in [3.8, 4) is 0 Å². The zero-order chi connectivity index (χ0) is 19.3. The molecule has 0 saturated carbocycles. The van der Waals surface area contributed by atoms with Crippen LogP contribution in [0.4, 0.5) is 5.69 Å². The molecule has 6 nitrogen and oxygen atoms in total. The molecule has 0 bridgehead atoms. The van der Waals surface area contributed by atoms with Crippen LogP contribution in [0.2, 0.25) is 0 Å². The number of aromatic nitrogens is 1. The van der Waals surface area contributed by atoms with Gasteiger partial charge in [-0.3, -0.25) is 14.4 Å². The quantitative estimate of drug-likeness (QED) is 0.780. The Bertz CT molecular complexity index is 913. The van der Waals surface area contributed by atoms with Gasteiger partial charge in [-0.2, -0.15) is 0 Å². The van der Waals surface area contributed by atoms with Crippen molar-refractivity contribution in [2.45, 2.75) is 26.8 Å². The van der Waals surface area contributed by atoms with E-state index in [4.69, 9.17) is 0 Å². The van der Waals surface area contributed by atoms with Gasteiger partial charge in [0.25, 0.3) is 5.56 Å². The van der Waals surface area contributed by atoms with Crippen molar-refractivity contribution < 1.29 is 9.59 Å². The van der Waals surface area contributed by atoms with Crippen molar-refractivity contribution in [3.05, 3.63) is 75.7 Å². The molecule has 6 heteroatoms. The number of pyridine rings is 1. The van der Waals surface area contributed by atoms with E-state index in [0.717, 1.165) is 16.8 Å². The first-order valence-electron chi connectivity index (χ1n) is 8.27. The highest BCUT2D eigenvalue weighted by molar-refractivity contribution is 5.98. The highest BCUT2D eigenvalue weighted by Gasteiger charge is 2.10. The lowest BCUT2D eigenvalue weighted by Gasteiger charge is -2.12. The predicted octanol–water partition coefficient (Wildman–Crippen LogP) is 1.99. The molecule has 136 valence electrons. The molecule has 1 aromatic carbocycles. The lowest BCUT2D eigenvalue weighted by molar-refractivity contribution is -0.120. The van der Waals surface area contributed by atoms with Crippen LogP contribution >= 0.6 is 0 Å². The highest BCUT2D eigenvalue weighted by atomic mass is 16.2. The summed E-state index contributed by atoms with van der Waals surface area (Å²) < 4.78 is 1.57. The predicted molar refractivity (Wildman–Crippen MR) is 102 cm³/mol. The summed E-state index contributed by atoms with van der Waals surface area (Å²) in [5, 5.41) is 5.45. The van der Waals surface area contributed by atoms with Crippen LogP contribution in [0.25, 0.3) is 0 Å². The van der Waals surface area contributed by atoms with Gasteiger partial charge in [0.15, 0.2) is 0 Å². The van der Waals surface area contributed by atoms with Crippen molar-refractivity contribution in [2.75, 3.05) is 5.32 Å². The standard InChI is InChI=1S/C20H23N3O3/c1-5-18(24)22-16-8-6-7-15(10-16)11-19(25)21-12-17-13(2)9-14(3)23(4)20(17)26/h5-10H,1,11-12H2,2-4H3,(H,21,25)(H,22,24). The molecule has 0 aliphatic heterocycles. The number of nitrogens with one attached hydrogen (secondary N) is 2. The Labute approximate surface area is 152 Å². The van der Waals surface area contributed by atoms with Gasteiger partial charge in [0, 0.05) is 30.5 Å². The van der Waals surface area contributed by atoms with Gasteiger partial charge in [-0.25, -0.2) is 0 Å². The Morgan fingerprint density at radius 1 is 1.23 bits per heavy atom. The van der Waals surface area contributed by atoms with Crippen LogP contribution in [-0.4, -0.2) is 16.4 Å². The minimum atomic E-state index is -0.308. The van der Waals surface area contributed by atoms with E-state index in [0.29, 0.717) is 11.3 Å². The lowest BCUT2D eigenvalue weighted by atomic mass is 10.1. The van der Waals surface area contributed by atoms with Crippen molar-refractivity contribution in [1.29, 1.82) is 0 Å². The molecule has 26 heavy (non-hydrogen) atoms. The summed E-state index contributed by atoms with van der Waals surface area (Å²) >= 11 is 0. The minimum absolute atomic E-state index is 0.100. The summed E-state index contributed by atoms with van der Waals surface area (Å²) in [6.07, 6.45) is 1.34. The Kier molecular flexibility index (Phi) is 6.11. The maximum atomic E-state index is 12.3. The fourth-order valence-electron chi connectivity index (χ4n) is 2.63. The number of rotatable bonds is 6. The van der Waals surface area contributed by atoms with Crippen LogP contribution in [0.1, 0.15) is 22.4 Å². The SMILES string of the molecule is C=CC(=O)Nc1cccc(CC(=O)NCc2c(C)cc(C)n(C)c2=O)c1. The Morgan fingerprint density at radius 2 is 1.96 bits per heavy atom. The first-order valence-corrected chi connectivity index (χ1v) is 8.27. The topological polar surface area (TPSA) is 80.2 Å². The minimum Gasteiger partial charge on any atom is -0.352 e. The fourth-order valence-corrected chi connectivity index (χ4v) is 2.63. The van der Waals surface area contributed by atoms with Crippen molar-refractivity contribution in [2.24, 2.45) is 7.05 Å². The van der Waals surface area contributed by atoms with Gasteiger partial charge in [-0.15, -0.1) is 0 Å². The number of amides is 2. The largest absolute Gasteiger partial charge is 0.352 e. The van der Waals surface area contributed by atoms with E-state index in [2.05, 4.69) is 17.2 Å². The summed E-state index contributed by atoms with van der Waals surface area (Å²) in [6, 6.07) is 8.97. The fraction of sp³-hybridized carbons (Fsp3) is 0.250. The van der Waals surface area contributed by atoms with Crippen LogP contribution in [0.5, 0.6) is 0 Å². The number of hydrogen-bond donors (Lipinski definition) is 2. The first-order chi connectivity index (χ1) is 12.3. The van der Waals surface area contributed by atoms with Crippen molar-refractivity contribution in [3.63, 3.8) is 0 Å². The molecule has 2 amide bonds. The number of carbonyl (C=O) groups excluding carboxylic acids is 2. The first kappa shape index (κ1) is 19.2. The Morgan fingerprint density at radius 3 is 2.65 bits per heavy atom. The maximum Gasteiger partial charge on any atom is 0.255 e. The highest BCUT2D eigenvalue weighted by Crippen LogP contribution is 2.11. The van der Waals surface area contributed by atoms with Gasteiger partial charge in [-0.1, -0.05) is 18.7 Å². The summed E-state index contributed by atoms with van der Waals surface area (Å²) in [5.41, 5.74) is 3.58. The molecule has 0 radical (unpaired) electrons. The average Bonchev–Trinajstić information content (AvgIpc) is 2.59. The van der Waals surface area contributed by atoms with Crippen LogP contribution in [0.3, 0.4) is 0 Å².